The van der Waals surface area contributed by atoms with Crippen molar-refractivity contribution in [3.8, 4) is 0 Å². The van der Waals surface area contributed by atoms with E-state index in [-0.39, 0.29) is 10.8 Å². The Kier molecular flexibility index (Phi) is 3.03. The minimum Gasteiger partial charge on any atom is -0.299 e. The number of Topliss-reactive ketones (excluding diaryl/α,β-unsaturated/α-hetero) is 1. The zero-order chi connectivity index (χ0) is 15.7. The van der Waals surface area contributed by atoms with Gasteiger partial charge in [-0.2, -0.15) is 0 Å². The van der Waals surface area contributed by atoms with Crippen LogP contribution >= 0.6 is 0 Å². The summed E-state index contributed by atoms with van der Waals surface area (Å²) in [5.41, 5.74) is 1.60. The minimum absolute atomic E-state index is 0.0387. The van der Waals surface area contributed by atoms with Crippen LogP contribution in [0, 0.1) is 34.5 Å². The quantitative estimate of drug-likeness (QED) is 0.667. The van der Waals surface area contributed by atoms with E-state index in [0.29, 0.717) is 35.2 Å². The van der Waals surface area contributed by atoms with Gasteiger partial charge < -0.3 is 0 Å². The van der Waals surface area contributed by atoms with Gasteiger partial charge in [0.05, 0.1) is 0 Å². The van der Waals surface area contributed by atoms with Crippen LogP contribution in [0.3, 0.4) is 0 Å². The van der Waals surface area contributed by atoms with Gasteiger partial charge in [0.1, 0.15) is 5.78 Å². The van der Waals surface area contributed by atoms with Crippen molar-refractivity contribution < 1.29 is 9.59 Å². The Labute approximate surface area is 133 Å². The van der Waals surface area contributed by atoms with Gasteiger partial charge in [0.2, 0.25) is 0 Å². The van der Waals surface area contributed by atoms with Crippen molar-refractivity contribution in [2.75, 3.05) is 0 Å². The molecule has 0 bridgehead atoms. The molecule has 120 valence electrons. The topological polar surface area (TPSA) is 34.1 Å². The molecule has 4 rings (SSSR count). The highest BCUT2D eigenvalue weighted by Crippen LogP contribution is 2.65. The second-order valence-electron chi connectivity index (χ2n) is 8.92. The molecule has 0 heterocycles. The molecule has 3 fully saturated rings. The summed E-state index contributed by atoms with van der Waals surface area (Å²) in [7, 11) is 0. The Bertz CT molecular complexity index is 574. The summed E-state index contributed by atoms with van der Waals surface area (Å²) in [6.07, 6.45) is 9.08. The first-order valence-corrected chi connectivity index (χ1v) is 9.14. The third-order valence-electron chi connectivity index (χ3n) is 7.99. The fraction of sp³-hybridized carbons (Fsp3) is 0.800. The molecular formula is C20H28O2. The van der Waals surface area contributed by atoms with Crippen molar-refractivity contribution in [1.82, 2.24) is 0 Å². The lowest BCUT2D eigenvalue weighted by Crippen LogP contribution is -2.52. The van der Waals surface area contributed by atoms with Crippen molar-refractivity contribution in [3.05, 3.63) is 11.6 Å². The van der Waals surface area contributed by atoms with E-state index in [1.807, 2.05) is 6.08 Å². The third kappa shape index (κ3) is 1.73. The van der Waals surface area contributed by atoms with Gasteiger partial charge in [-0.3, -0.25) is 9.59 Å². The molecule has 0 aromatic heterocycles. The van der Waals surface area contributed by atoms with Crippen molar-refractivity contribution >= 4 is 11.6 Å². The van der Waals surface area contributed by atoms with Crippen molar-refractivity contribution in [1.29, 1.82) is 0 Å². The smallest absolute Gasteiger partial charge is 0.155 e. The predicted octanol–water partition coefficient (Wildman–Crippen LogP) is 4.33. The van der Waals surface area contributed by atoms with Gasteiger partial charge in [-0.15, -0.1) is 0 Å². The van der Waals surface area contributed by atoms with Crippen LogP contribution in [0.15, 0.2) is 11.6 Å². The van der Waals surface area contributed by atoms with Crippen molar-refractivity contribution in [2.45, 2.75) is 65.7 Å². The summed E-state index contributed by atoms with van der Waals surface area (Å²) in [5, 5.41) is 0. The maximum Gasteiger partial charge on any atom is 0.155 e. The Balaban J connectivity index is 1.74. The number of carbonyl (C=O) groups excluding carboxylic acids is 2. The number of carbonyl (C=O) groups is 2. The van der Waals surface area contributed by atoms with Gasteiger partial charge in [0.15, 0.2) is 5.78 Å². The van der Waals surface area contributed by atoms with Gasteiger partial charge in [-0.25, -0.2) is 0 Å². The van der Waals surface area contributed by atoms with Crippen LogP contribution in [0.5, 0.6) is 0 Å². The molecule has 0 radical (unpaired) electrons. The lowest BCUT2D eigenvalue weighted by atomic mass is 9.46. The van der Waals surface area contributed by atoms with Gasteiger partial charge in [-0.05, 0) is 67.3 Å². The summed E-state index contributed by atoms with van der Waals surface area (Å²) in [6.45, 7) is 6.96. The van der Waals surface area contributed by atoms with Crippen LogP contribution in [0.4, 0.5) is 0 Å². The van der Waals surface area contributed by atoms with E-state index in [1.54, 1.807) is 0 Å². The van der Waals surface area contributed by atoms with E-state index >= 15 is 0 Å². The van der Waals surface area contributed by atoms with Crippen LogP contribution in [-0.4, -0.2) is 11.6 Å². The number of hydrogen-bond donors (Lipinski definition) is 0. The maximum absolute atomic E-state index is 12.4. The van der Waals surface area contributed by atoms with E-state index < -0.39 is 0 Å². The standard InChI is InChI=1S/C20H28O2/c1-12-10-14-15-4-5-18(22)20(15,3)9-7-16(14)19(2)8-6-13(21)11-17(12)19/h11-12,14-16H,4-10H2,1-3H3/t12-,14?,15?,16?,19?,20?/m0/s1. The molecule has 3 saturated carbocycles. The monoisotopic (exact) mass is 300 g/mol. The van der Waals surface area contributed by atoms with E-state index in [4.69, 9.17) is 0 Å². The molecule has 0 aliphatic heterocycles. The van der Waals surface area contributed by atoms with E-state index in [0.717, 1.165) is 32.1 Å². The number of rotatable bonds is 0. The number of fused-ring (bicyclic) bond motifs is 5. The van der Waals surface area contributed by atoms with Gasteiger partial charge >= 0.3 is 0 Å². The molecule has 0 N–H and O–H groups in total. The first kappa shape index (κ1) is 14.7. The molecule has 6 atom stereocenters. The molecule has 4 aliphatic rings. The average molecular weight is 300 g/mol. The second kappa shape index (κ2) is 4.55. The SMILES string of the molecule is C[C@H]1CC2C3CCC(=O)C3(C)CCC2C2(C)CCC(=O)C=C12. The highest BCUT2D eigenvalue weighted by Gasteiger charge is 2.59. The summed E-state index contributed by atoms with van der Waals surface area (Å²) >= 11 is 0. The largest absolute Gasteiger partial charge is 0.299 e. The van der Waals surface area contributed by atoms with E-state index in [1.165, 1.54) is 18.4 Å². The molecular weight excluding hydrogens is 272 g/mol. The van der Waals surface area contributed by atoms with Gasteiger partial charge in [0.25, 0.3) is 0 Å². The lowest BCUT2D eigenvalue weighted by molar-refractivity contribution is -0.133. The highest BCUT2D eigenvalue weighted by atomic mass is 16.1. The Morgan fingerprint density at radius 3 is 2.50 bits per heavy atom. The minimum atomic E-state index is -0.0387. The van der Waals surface area contributed by atoms with Gasteiger partial charge in [-0.1, -0.05) is 26.3 Å². The Morgan fingerprint density at radius 1 is 1.00 bits per heavy atom. The zero-order valence-electron chi connectivity index (χ0n) is 14.2. The fourth-order valence-corrected chi connectivity index (χ4v) is 6.76. The number of ketones is 2. The lowest BCUT2D eigenvalue weighted by Gasteiger charge is -2.58. The Morgan fingerprint density at radius 2 is 1.73 bits per heavy atom. The number of hydrogen-bond acceptors (Lipinski definition) is 2. The molecule has 0 saturated heterocycles. The van der Waals surface area contributed by atoms with Crippen LogP contribution in [-0.2, 0) is 9.59 Å². The summed E-state index contributed by atoms with van der Waals surface area (Å²) in [6, 6.07) is 0. The molecule has 4 aliphatic carbocycles. The van der Waals surface area contributed by atoms with E-state index in [9.17, 15) is 9.59 Å². The molecule has 2 heteroatoms. The van der Waals surface area contributed by atoms with Crippen LogP contribution in [0.1, 0.15) is 65.7 Å². The van der Waals surface area contributed by atoms with Crippen molar-refractivity contribution in [3.63, 3.8) is 0 Å². The molecule has 5 unspecified atom stereocenters. The molecule has 0 aromatic rings. The summed E-state index contributed by atoms with van der Waals surface area (Å²) < 4.78 is 0. The highest BCUT2D eigenvalue weighted by molar-refractivity contribution is 5.92. The molecule has 0 aromatic carbocycles. The van der Waals surface area contributed by atoms with Crippen molar-refractivity contribution in [2.24, 2.45) is 34.5 Å². The first-order chi connectivity index (χ1) is 10.4. The predicted molar refractivity (Wildman–Crippen MR) is 86.3 cm³/mol. The third-order valence-corrected chi connectivity index (χ3v) is 7.99. The Hall–Kier alpha value is -0.920. The number of allylic oxidation sites excluding steroid dienone is 1. The molecule has 0 amide bonds. The normalized spacial score (nSPS) is 51.0. The summed E-state index contributed by atoms with van der Waals surface area (Å²) in [5.74, 6) is 3.33. The second-order valence-corrected chi connectivity index (χ2v) is 8.92. The first-order valence-electron chi connectivity index (χ1n) is 9.14. The fourth-order valence-electron chi connectivity index (χ4n) is 6.76. The van der Waals surface area contributed by atoms with Gasteiger partial charge in [0, 0.05) is 18.3 Å². The average Bonchev–Trinajstić information content (AvgIpc) is 2.77. The van der Waals surface area contributed by atoms with Crippen LogP contribution in [0.25, 0.3) is 0 Å². The van der Waals surface area contributed by atoms with Crippen LogP contribution in [0.2, 0.25) is 0 Å². The zero-order valence-corrected chi connectivity index (χ0v) is 14.2. The molecule has 2 nitrogen and oxygen atoms in total. The molecule has 22 heavy (non-hydrogen) atoms. The maximum atomic E-state index is 12.4. The molecule has 0 spiro atoms. The summed E-state index contributed by atoms with van der Waals surface area (Å²) in [4.78, 5) is 24.4. The van der Waals surface area contributed by atoms with E-state index in [2.05, 4.69) is 20.8 Å². The van der Waals surface area contributed by atoms with Crippen LogP contribution < -0.4 is 0 Å².